The van der Waals surface area contributed by atoms with Gasteiger partial charge in [-0.1, -0.05) is 28.1 Å². The van der Waals surface area contributed by atoms with E-state index in [-0.39, 0.29) is 18.5 Å². The second-order valence-corrected chi connectivity index (χ2v) is 7.74. The van der Waals surface area contributed by atoms with Crippen molar-refractivity contribution in [3.63, 3.8) is 0 Å². The van der Waals surface area contributed by atoms with Gasteiger partial charge in [-0.05, 0) is 48.9 Å². The maximum atomic E-state index is 12.2. The van der Waals surface area contributed by atoms with Gasteiger partial charge in [0, 0.05) is 21.5 Å². The van der Waals surface area contributed by atoms with E-state index in [1.807, 2.05) is 60.8 Å². The lowest BCUT2D eigenvalue weighted by molar-refractivity contribution is -0.115. The number of benzene rings is 2. The maximum Gasteiger partial charge on any atom is 0.240 e. The fourth-order valence-electron chi connectivity index (χ4n) is 2.50. The molecule has 3 rings (SSSR count). The number of thiazole rings is 1. The van der Waals surface area contributed by atoms with Crippen LogP contribution in [0.15, 0.2) is 58.4 Å². The predicted molar refractivity (Wildman–Crippen MR) is 113 cm³/mol. The van der Waals surface area contributed by atoms with Crippen molar-refractivity contribution >= 4 is 38.3 Å². The van der Waals surface area contributed by atoms with Gasteiger partial charge in [-0.3, -0.25) is 4.79 Å². The van der Waals surface area contributed by atoms with Crippen LogP contribution in [0.1, 0.15) is 18.5 Å². The zero-order valence-corrected chi connectivity index (χ0v) is 17.4. The molecule has 7 heteroatoms. The summed E-state index contributed by atoms with van der Waals surface area (Å²) < 4.78 is 6.20. The number of nitrogens with one attached hydrogen (secondary N) is 2. The summed E-state index contributed by atoms with van der Waals surface area (Å²) in [7, 11) is 1.64. The van der Waals surface area contributed by atoms with E-state index in [0.717, 1.165) is 27.0 Å². The smallest absolute Gasteiger partial charge is 0.240 e. The Kier molecular flexibility index (Phi) is 6.60. The van der Waals surface area contributed by atoms with Crippen molar-refractivity contribution in [1.29, 1.82) is 0 Å². The SMILES string of the molecule is COc1ccc(-c2csc(NC(=O)CNC(C)c3ccc(Br)cc3)n2)cc1. The van der Waals surface area contributed by atoms with Crippen molar-refractivity contribution in [3.05, 3.63) is 63.9 Å². The molecule has 0 aliphatic rings. The third kappa shape index (κ3) is 5.38. The number of hydrogen-bond donors (Lipinski definition) is 2. The average Bonchev–Trinajstić information content (AvgIpc) is 3.15. The van der Waals surface area contributed by atoms with E-state index in [9.17, 15) is 4.79 Å². The summed E-state index contributed by atoms with van der Waals surface area (Å²) in [6.07, 6.45) is 0. The molecular formula is C20H20BrN3O2S. The fraction of sp³-hybridized carbons (Fsp3) is 0.200. The molecule has 0 aliphatic carbocycles. The minimum atomic E-state index is -0.116. The fourth-order valence-corrected chi connectivity index (χ4v) is 3.50. The first-order chi connectivity index (χ1) is 13.0. The first-order valence-electron chi connectivity index (χ1n) is 8.44. The highest BCUT2D eigenvalue weighted by atomic mass is 79.9. The highest BCUT2D eigenvalue weighted by Crippen LogP contribution is 2.26. The normalized spacial score (nSPS) is 11.8. The summed E-state index contributed by atoms with van der Waals surface area (Å²) in [4.78, 5) is 16.7. The Bertz CT molecular complexity index is 894. The Morgan fingerprint density at radius 3 is 2.56 bits per heavy atom. The maximum absolute atomic E-state index is 12.2. The van der Waals surface area contributed by atoms with Gasteiger partial charge in [-0.2, -0.15) is 0 Å². The molecule has 1 atom stereocenters. The van der Waals surface area contributed by atoms with Crippen molar-refractivity contribution in [2.75, 3.05) is 19.0 Å². The second kappa shape index (κ2) is 9.12. The van der Waals surface area contributed by atoms with E-state index in [1.54, 1.807) is 7.11 Å². The van der Waals surface area contributed by atoms with Crippen LogP contribution in [0.4, 0.5) is 5.13 Å². The highest BCUT2D eigenvalue weighted by molar-refractivity contribution is 9.10. The van der Waals surface area contributed by atoms with Crippen LogP contribution in [0.25, 0.3) is 11.3 Å². The summed E-state index contributed by atoms with van der Waals surface area (Å²) >= 11 is 4.83. The number of anilines is 1. The van der Waals surface area contributed by atoms with Crippen LogP contribution in [-0.4, -0.2) is 24.5 Å². The molecule has 0 aliphatic heterocycles. The van der Waals surface area contributed by atoms with E-state index in [4.69, 9.17) is 4.74 Å². The monoisotopic (exact) mass is 445 g/mol. The summed E-state index contributed by atoms with van der Waals surface area (Å²) in [5.74, 6) is 0.683. The highest BCUT2D eigenvalue weighted by Gasteiger charge is 2.10. The van der Waals surface area contributed by atoms with Crippen LogP contribution in [0.3, 0.4) is 0 Å². The van der Waals surface area contributed by atoms with Gasteiger partial charge in [0.2, 0.25) is 5.91 Å². The molecular weight excluding hydrogens is 426 g/mol. The standard InChI is InChI=1S/C20H20BrN3O2S/c1-13(14-3-7-16(21)8-4-14)22-11-19(25)24-20-23-18(12-27-20)15-5-9-17(26-2)10-6-15/h3-10,12-13,22H,11H2,1-2H3,(H,23,24,25). The molecule has 0 radical (unpaired) electrons. The van der Waals surface area contributed by atoms with Crippen molar-refractivity contribution in [2.24, 2.45) is 0 Å². The van der Waals surface area contributed by atoms with E-state index >= 15 is 0 Å². The number of amides is 1. The second-order valence-electron chi connectivity index (χ2n) is 5.97. The molecule has 1 aromatic heterocycles. The largest absolute Gasteiger partial charge is 0.497 e. The van der Waals surface area contributed by atoms with Crippen LogP contribution in [0, 0.1) is 0 Å². The molecule has 5 nitrogen and oxygen atoms in total. The van der Waals surface area contributed by atoms with Crippen LogP contribution in [0.2, 0.25) is 0 Å². The molecule has 0 spiro atoms. The molecule has 2 N–H and O–H groups in total. The molecule has 1 unspecified atom stereocenters. The zero-order chi connectivity index (χ0) is 19.2. The van der Waals surface area contributed by atoms with Gasteiger partial charge in [0.25, 0.3) is 0 Å². The average molecular weight is 446 g/mol. The third-order valence-electron chi connectivity index (χ3n) is 4.08. The van der Waals surface area contributed by atoms with Gasteiger partial charge in [-0.25, -0.2) is 4.98 Å². The Morgan fingerprint density at radius 2 is 1.89 bits per heavy atom. The van der Waals surface area contributed by atoms with Crippen molar-refractivity contribution in [3.8, 4) is 17.0 Å². The Balaban J connectivity index is 1.53. The molecule has 0 saturated carbocycles. The number of nitrogens with zero attached hydrogens (tertiary/aromatic N) is 1. The van der Waals surface area contributed by atoms with Gasteiger partial charge < -0.3 is 15.4 Å². The molecule has 2 aromatic carbocycles. The van der Waals surface area contributed by atoms with E-state index in [1.165, 1.54) is 11.3 Å². The first-order valence-corrected chi connectivity index (χ1v) is 10.1. The lowest BCUT2D eigenvalue weighted by Gasteiger charge is -2.13. The van der Waals surface area contributed by atoms with Gasteiger partial charge in [-0.15, -0.1) is 11.3 Å². The molecule has 0 saturated heterocycles. The van der Waals surface area contributed by atoms with Crippen LogP contribution in [0.5, 0.6) is 5.75 Å². The van der Waals surface area contributed by atoms with E-state index in [0.29, 0.717) is 5.13 Å². The number of methoxy groups -OCH3 is 1. The molecule has 140 valence electrons. The number of ether oxygens (including phenoxy) is 1. The van der Waals surface area contributed by atoms with Crippen molar-refractivity contribution < 1.29 is 9.53 Å². The molecule has 0 fully saturated rings. The number of aromatic nitrogens is 1. The van der Waals surface area contributed by atoms with Gasteiger partial charge >= 0.3 is 0 Å². The van der Waals surface area contributed by atoms with E-state index < -0.39 is 0 Å². The third-order valence-corrected chi connectivity index (χ3v) is 5.36. The number of rotatable bonds is 7. The van der Waals surface area contributed by atoms with Gasteiger partial charge in [0.15, 0.2) is 5.13 Å². The Morgan fingerprint density at radius 1 is 1.19 bits per heavy atom. The summed E-state index contributed by atoms with van der Waals surface area (Å²) in [5, 5.41) is 8.58. The lowest BCUT2D eigenvalue weighted by atomic mass is 10.1. The molecule has 3 aromatic rings. The summed E-state index contributed by atoms with van der Waals surface area (Å²) in [6.45, 7) is 2.25. The number of carbonyl (C=O) groups is 1. The molecule has 1 heterocycles. The molecule has 0 bridgehead atoms. The summed E-state index contributed by atoms with van der Waals surface area (Å²) in [6, 6.07) is 15.8. The van der Waals surface area contributed by atoms with E-state index in [2.05, 4.69) is 31.5 Å². The summed E-state index contributed by atoms with van der Waals surface area (Å²) in [5.41, 5.74) is 2.94. The number of hydrogen-bond acceptors (Lipinski definition) is 5. The minimum absolute atomic E-state index is 0.0787. The Hall–Kier alpha value is -2.22. The number of carbonyl (C=O) groups excluding carboxylic acids is 1. The molecule has 27 heavy (non-hydrogen) atoms. The lowest BCUT2D eigenvalue weighted by Crippen LogP contribution is -2.30. The van der Waals surface area contributed by atoms with Gasteiger partial charge in [0.05, 0.1) is 19.3 Å². The first kappa shape index (κ1) is 19.5. The van der Waals surface area contributed by atoms with Gasteiger partial charge in [0.1, 0.15) is 5.75 Å². The minimum Gasteiger partial charge on any atom is -0.497 e. The topological polar surface area (TPSA) is 63.2 Å². The van der Waals surface area contributed by atoms with Crippen molar-refractivity contribution in [2.45, 2.75) is 13.0 Å². The Labute approximate surface area is 170 Å². The van der Waals surface area contributed by atoms with Crippen LogP contribution < -0.4 is 15.4 Å². The van der Waals surface area contributed by atoms with Crippen LogP contribution >= 0.6 is 27.3 Å². The predicted octanol–water partition coefficient (Wildman–Crippen LogP) is 4.87. The number of halogens is 1. The molecule has 1 amide bonds. The quantitative estimate of drug-likeness (QED) is 0.544. The van der Waals surface area contributed by atoms with Crippen LogP contribution in [-0.2, 0) is 4.79 Å². The van der Waals surface area contributed by atoms with Crippen molar-refractivity contribution in [1.82, 2.24) is 10.3 Å². The zero-order valence-electron chi connectivity index (χ0n) is 15.0.